The van der Waals surface area contributed by atoms with Crippen molar-refractivity contribution in [3.05, 3.63) is 53.2 Å². The summed E-state index contributed by atoms with van der Waals surface area (Å²) in [6.07, 6.45) is 1.80. The average molecular weight is 499 g/mol. The lowest BCUT2D eigenvalue weighted by Gasteiger charge is -2.26. The zero-order valence-electron chi connectivity index (χ0n) is 18.0. The van der Waals surface area contributed by atoms with Gasteiger partial charge in [-0.25, -0.2) is 4.98 Å². The SMILES string of the molecule is CN=C(NCc1ncc(C(C)(C)C)o1)NCC(c1ccc(C)cc1)N(C)C.I. The number of hydrogen-bond acceptors (Lipinski definition) is 4. The summed E-state index contributed by atoms with van der Waals surface area (Å²) in [5.41, 5.74) is 2.50. The Morgan fingerprint density at radius 2 is 1.82 bits per heavy atom. The summed E-state index contributed by atoms with van der Waals surface area (Å²) in [4.78, 5) is 10.9. The Morgan fingerprint density at radius 1 is 1.18 bits per heavy atom. The van der Waals surface area contributed by atoms with Crippen LogP contribution in [0.5, 0.6) is 0 Å². The molecule has 2 aromatic rings. The first-order valence-electron chi connectivity index (χ1n) is 9.33. The Labute approximate surface area is 186 Å². The maximum atomic E-state index is 5.82. The molecule has 7 heteroatoms. The number of aliphatic imine (C=N–C) groups is 1. The molecule has 0 radical (unpaired) electrons. The van der Waals surface area contributed by atoms with Crippen LogP contribution in [-0.4, -0.2) is 43.5 Å². The van der Waals surface area contributed by atoms with Crippen LogP contribution in [0.1, 0.15) is 49.6 Å². The lowest BCUT2D eigenvalue weighted by molar-refractivity contribution is 0.298. The maximum Gasteiger partial charge on any atom is 0.213 e. The highest BCUT2D eigenvalue weighted by atomic mass is 127. The van der Waals surface area contributed by atoms with Crippen LogP contribution in [-0.2, 0) is 12.0 Å². The topological polar surface area (TPSA) is 65.7 Å². The number of hydrogen-bond donors (Lipinski definition) is 2. The summed E-state index contributed by atoms with van der Waals surface area (Å²) in [5.74, 6) is 2.27. The van der Waals surface area contributed by atoms with Crippen molar-refractivity contribution in [2.75, 3.05) is 27.7 Å². The van der Waals surface area contributed by atoms with Crippen molar-refractivity contribution >= 4 is 29.9 Å². The molecule has 1 atom stereocenters. The van der Waals surface area contributed by atoms with Crippen LogP contribution in [0.15, 0.2) is 39.9 Å². The van der Waals surface area contributed by atoms with Crippen molar-refractivity contribution < 1.29 is 4.42 Å². The Kier molecular flexibility index (Phi) is 9.43. The number of aryl methyl sites for hydroxylation is 1. The number of rotatable bonds is 6. The Bertz CT molecular complexity index is 747. The van der Waals surface area contributed by atoms with Gasteiger partial charge in [0.05, 0.1) is 18.8 Å². The van der Waals surface area contributed by atoms with E-state index < -0.39 is 0 Å². The van der Waals surface area contributed by atoms with Crippen LogP contribution >= 0.6 is 24.0 Å². The summed E-state index contributed by atoms with van der Waals surface area (Å²) in [5, 5.41) is 6.67. The van der Waals surface area contributed by atoms with Gasteiger partial charge in [0.25, 0.3) is 0 Å². The van der Waals surface area contributed by atoms with E-state index in [9.17, 15) is 0 Å². The van der Waals surface area contributed by atoms with E-state index in [1.807, 2.05) is 0 Å². The van der Waals surface area contributed by atoms with E-state index in [1.54, 1.807) is 13.2 Å². The quantitative estimate of drug-likeness (QED) is 0.359. The van der Waals surface area contributed by atoms with Crippen molar-refractivity contribution in [2.45, 2.75) is 45.7 Å². The molecule has 0 saturated carbocycles. The van der Waals surface area contributed by atoms with Crippen molar-refractivity contribution in [1.82, 2.24) is 20.5 Å². The first-order valence-corrected chi connectivity index (χ1v) is 9.33. The molecule has 0 amide bonds. The molecule has 2 rings (SSSR count). The number of guanidine groups is 1. The number of likely N-dealkylation sites (N-methyl/N-ethyl adjacent to an activating group) is 1. The van der Waals surface area contributed by atoms with Crippen LogP contribution in [0.25, 0.3) is 0 Å². The van der Waals surface area contributed by atoms with Crippen molar-refractivity contribution in [1.29, 1.82) is 0 Å². The molecular formula is C21H34IN5O. The molecule has 156 valence electrons. The van der Waals surface area contributed by atoms with Gasteiger partial charge in [0.15, 0.2) is 5.96 Å². The van der Waals surface area contributed by atoms with Crippen molar-refractivity contribution in [2.24, 2.45) is 4.99 Å². The molecule has 0 aliphatic rings. The number of benzene rings is 1. The molecule has 1 aromatic heterocycles. The van der Waals surface area contributed by atoms with Crippen LogP contribution < -0.4 is 10.6 Å². The van der Waals surface area contributed by atoms with E-state index in [0.29, 0.717) is 12.4 Å². The fourth-order valence-electron chi connectivity index (χ4n) is 2.70. The van der Waals surface area contributed by atoms with Gasteiger partial charge < -0.3 is 20.0 Å². The van der Waals surface area contributed by atoms with Gasteiger partial charge in [0.1, 0.15) is 5.76 Å². The third-order valence-corrected chi connectivity index (χ3v) is 4.47. The largest absolute Gasteiger partial charge is 0.443 e. The molecule has 0 bridgehead atoms. The second-order valence-electron chi connectivity index (χ2n) is 8.07. The van der Waals surface area contributed by atoms with E-state index >= 15 is 0 Å². The molecule has 0 fully saturated rings. The molecule has 0 saturated heterocycles. The van der Waals surface area contributed by atoms with Gasteiger partial charge in [-0.1, -0.05) is 50.6 Å². The minimum absolute atomic E-state index is 0. The summed E-state index contributed by atoms with van der Waals surface area (Å²) >= 11 is 0. The Morgan fingerprint density at radius 3 is 2.32 bits per heavy atom. The highest BCUT2D eigenvalue weighted by molar-refractivity contribution is 14.0. The number of aromatic nitrogens is 1. The standard InChI is InChI=1S/C21H33N5O.HI/c1-15-8-10-16(11-9-15)17(26(6)7)12-24-20(22-5)25-14-19-23-13-18(27-19)21(2,3)4;/h8-11,13,17H,12,14H2,1-7H3,(H2,22,24,25);1H. The monoisotopic (exact) mass is 499 g/mol. The van der Waals surface area contributed by atoms with Crippen molar-refractivity contribution in [3.8, 4) is 0 Å². The smallest absolute Gasteiger partial charge is 0.213 e. The maximum absolute atomic E-state index is 5.82. The third kappa shape index (κ3) is 7.09. The van der Waals surface area contributed by atoms with E-state index in [1.165, 1.54) is 11.1 Å². The zero-order chi connectivity index (χ0) is 20.0. The predicted molar refractivity (Wildman–Crippen MR) is 126 cm³/mol. The second-order valence-corrected chi connectivity index (χ2v) is 8.07. The van der Waals surface area contributed by atoms with E-state index in [4.69, 9.17) is 4.42 Å². The summed E-state index contributed by atoms with van der Waals surface area (Å²) in [6, 6.07) is 8.90. The van der Waals surface area contributed by atoms with E-state index in [2.05, 4.69) is 91.6 Å². The molecule has 6 nitrogen and oxygen atoms in total. The van der Waals surface area contributed by atoms with Gasteiger partial charge in [-0.05, 0) is 26.6 Å². The van der Waals surface area contributed by atoms with Gasteiger partial charge in [0, 0.05) is 19.0 Å². The molecule has 0 spiro atoms. The van der Waals surface area contributed by atoms with Gasteiger partial charge in [-0.15, -0.1) is 24.0 Å². The summed E-state index contributed by atoms with van der Waals surface area (Å²) in [7, 11) is 5.94. The summed E-state index contributed by atoms with van der Waals surface area (Å²) in [6.45, 7) is 9.67. The lowest BCUT2D eigenvalue weighted by Crippen LogP contribution is -2.41. The van der Waals surface area contributed by atoms with Gasteiger partial charge in [0.2, 0.25) is 5.89 Å². The molecule has 28 heavy (non-hydrogen) atoms. The molecule has 0 aliphatic carbocycles. The van der Waals surface area contributed by atoms with Crippen LogP contribution in [0.2, 0.25) is 0 Å². The van der Waals surface area contributed by atoms with Crippen LogP contribution in [0.3, 0.4) is 0 Å². The third-order valence-electron chi connectivity index (χ3n) is 4.47. The average Bonchev–Trinajstić information content (AvgIpc) is 3.08. The van der Waals surface area contributed by atoms with Crippen LogP contribution in [0.4, 0.5) is 0 Å². The van der Waals surface area contributed by atoms with Crippen LogP contribution in [0, 0.1) is 6.92 Å². The first-order chi connectivity index (χ1) is 12.7. The Hall–Kier alpha value is -1.61. The molecule has 1 heterocycles. The minimum atomic E-state index is -0.0435. The normalized spacial score (nSPS) is 13.2. The predicted octanol–water partition coefficient (Wildman–Crippen LogP) is 3.87. The fourth-order valence-corrected chi connectivity index (χ4v) is 2.70. The number of nitrogens with one attached hydrogen (secondary N) is 2. The molecule has 2 N–H and O–H groups in total. The fraction of sp³-hybridized carbons (Fsp3) is 0.524. The van der Waals surface area contributed by atoms with E-state index in [0.717, 1.165) is 18.3 Å². The molecule has 0 aliphatic heterocycles. The number of halogens is 1. The lowest BCUT2D eigenvalue weighted by atomic mass is 9.94. The molecule has 1 aromatic carbocycles. The molecule has 1 unspecified atom stereocenters. The second kappa shape index (κ2) is 10.8. The molecular weight excluding hydrogens is 465 g/mol. The number of nitrogens with zero attached hydrogens (tertiary/aromatic N) is 3. The Balaban J connectivity index is 0.00000392. The highest BCUT2D eigenvalue weighted by Crippen LogP contribution is 2.22. The number of oxazole rings is 1. The van der Waals surface area contributed by atoms with Crippen molar-refractivity contribution in [3.63, 3.8) is 0 Å². The first kappa shape index (κ1) is 24.4. The summed E-state index contributed by atoms with van der Waals surface area (Å²) < 4.78 is 5.82. The highest BCUT2D eigenvalue weighted by Gasteiger charge is 2.19. The minimum Gasteiger partial charge on any atom is -0.443 e. The van der Waals surface area contributed by atoms with E-state index in [-0.39, 0.29) is 35.4 Å². The van der Waals surface area contributed by atoms with Gasteiger partial charge in [-0.2, -0.15) is 0 Å². The van der Waals surface area contributed by atoms with Gasteiger partial charge in [-0.3, -0.25) is 4.99 Å². The van der Waals surface area contributed by atoms with Gasteiger partial charge >= 0.3 is 0 Å². The zero-order valence-corrected chi connectivity index (χ0v) is 20.4.